The molecule has 0 amide bonds. The molecule has 2 aromatic rings. The summed E-state index contributed by atoms with van der Waals surface area (Å²) in [5.41, 5.74) is 4.99. The van der Waals surface area contributed by atoms with Crippen LogP contribution in [0.15, 0.2) is 24.4 Å². The Morgan fingerprint density at radius 3 is 2.56 bits per heavy atom. The zero-order valence-corrected chi connectivity index (χ0v) is 11.2. The molecule has 0 aliphatic heterocycles. The number of carbonyl (C=O) groups is 1. The van der Waals surface area contributed by atoms with E-state index < -0.39 is 0 Å². The number of aldehydes is 1. The predicted octanol–water partition coefficient (Wildman–Crippen LogP) is 3.50. The fourth-order valence-electron chi connectivity index (χ4n) is 2.01. The lowest BCUT2D eigenvalue weighted by Crippen LogP contribution is -2.11. The molecular weight excluding hydrogens is 224 g/mol. The van der Waals surface area contributed by atoms with Crippen LogP contribution >= 0.6 is 0 Å². The lowest BCUT2D eigenvalue weighted by Gasteiger charge is -2.20. The minimum absolute atomic E-state index is 0.130. The molecule has 0 saturated carbocycles. The van der Waals surface area contributed by atoms with E-state index >= 15 is 0 Å². The van der Waals surface area contributed by atoms with Gasteiger partial charge in [-0.2, -0.15) is 5.10 Å². The lowest BCUT2D eigenvalue weighted by molar-refractivity contribution is 0.112. The number of aryl methyl sites for hydroxylation is 1. The van der Waals surface area contributed by atoms with Gasteiger partial charge in [-0.1, -0.05) is 39.0 Å². The van der Waals surface area contributed by atoms with E-state index in [1.807, 2.05) is 0 Å². The summed E-state index contributed by atoms with van der Waals surface area (Å²) in [6, 6.07) is 6.33. The molecule has 1 heterocycles. The number of aromatic amines is 1. The Bertz CT molecular complexity index is 576. The summed E-state index contributed by atoms with van der Waals surface area (Å²) in [6.07, 6.45) is 2.38. The van der Waals surface area contributed by atoms with Gasteiger partial charge in [0.05, 0.1) is 17.5 Å². The number of aromatic nitrogens is 2. The van der Waals surface area contributed by atoms with Gasteiger partial charge in [-0.3, -0.25) is 9.89 Å². The minimum Gasteiger partial charge on any atom is -0.298 e. The molecule has 3 nitrogen and oxygen atoms in total. The zero-order chi connectivity index (χ0) is 13.3. The molecule has 0 aliphatic carbocycles. The number of rotatable bonds is 2. The van der Waals surface area contributed by atoms with E-state index in [0.29, 0.717) is 5.56 Å². The van der Waals surface area contributed by atoms with Crippen LogP contribution < -0.4 is 0 Å². The summed E-state index contributed by atoms with van der Waals surface area (Å²) in [4.78, 5) is 10.9. The average Bonchev–Trinajstić information content (AvgIpc) is 2.75. The highest BCUT2D eigenvalue weighted by atomic mass is 16.1. The average molecular weight is 242 g/mol. The molecule has 1 N–H and O–H groups in total. The van der Waals surface area contributed by atoms with Crippen LogP contribution in [0.25, 0.3) is 11.3 Å². The van der Waals surface area contributed by atoms with E-state index in [0.717, 1.165) is 23.1 Å². The zero-order valence-electron chi connectivity index (χ0n) is 11.2. The van der Waals surface area contributed by atoms with Crippen LogP contribution in [0.1, 0.15) is 42.3 Å². The van der Waals surface area contributed by atoms with Gasteiger partial charge in [-0.15, -0.1) is 0 Å². The van der Waals surface area contributed by atoms with Gasteiger partial charge < -0.3 is 0 Å². The van der Waals surface area contributed by atoms with Crippen LogP contribution in [-0.4, -0.2) is 16.5 Å². The van der Waals surface area contributed by atoms with Crippen molar-refractivity contribution in [3.05, 3.63) is 41.1 Å². The number of nitrogens with zero attached hydrogens (tertiary/aromatic N) is 1. The predicted molar refractivity (Wildman–Crippen MR) is 72.8 cm³/mol. The van der Waals surface area contributed by atoms with E-state index in [1.54, 1.807) is 6.20 Å². The first-order valence-corrected chi connectivity index (χ1v) is 6.03. The molecule has 0 fully saturated rings. The highest BCUT2D eigenvalue weighted by molar-refractivity contribution is 5.86. The quantitative estimate of drug-likeness (QED) is 0.819. The number of carbonyl (C=O) groups excluding carboxylic acids is 1. The van der Waals surface area contributed by atoms with Crippen molar-refractivity contribution in [2.24, 2.45) is 0 Å². The third-order valence-corrected chi connectivity index (χ3v) is 3.16. The van der Waals surface area contributed by atoms with Crippen LogP contribution in [0, 0.1) is 6.92 Å². The normalized spacial score (nSPS) is 11.6. The van der Waals surface area contributed by atoms with Crippen LogP contribution in [0.3, 0.4) is 0 Å². The summed E-state index contributed by atoms with van der Waals surface area (Å²) in [6.45, 7) is 8.62. The molecule has 3 heteroatoms. The summed E-state index contributed by atoms with van der Waals surface area (Å²) in [7, 11) is 0. The number of hydrogen-bond acceptors (Lipinski definition) is 2. The van der Waals surface area contributed by atoms with Crippen LogP contribution in [0.2, 0.25) is 0 Å². The van der Waals surface area contributed by atoms with Crippen molar-refractivity contribution in [3.63, 3.8) is 0 Å². The van der Waals surface area contributed by atoms with Crippen molar-refractivity contribution in [3.8, 4) is 11.3 Å². The number of H-pyrrole nitrogens is 1. The van der Waals surface area contributed by atoms with Gasteiger partial charge in [0.1, 0.15) is 0 Å². The standard InChI is InChI=1S/C15H18N2O/c1-10-7-12(15(2,3)4)5-6-13(10)14-11(9-18)8-16-17-14/h5-9H,1-4H3,(H,16,17). The molecule has 94 valence electrons. The van der Waals surface area contributed by atoms with Gasteiger partial charge in [-0.05, 0) is 23.5 Å². The van der Waals surface area contributed by atoms with Gasteiger partial charge in [0.15, 0.2) is 6.29 Å². The van der Waals surface area contributed by atoms with Crippen LogP contribution in [-0.2, 0) is 5.41 Å². The second-order valence-corrected chi connectivity index (χ2v) is 5.60. The van der Waals surface area contributed by atoms with Gasteiger partial charge in [0.2, 0.25) is 0 Å². The lowest BCUT2D eigenvalue weighted by atomic mass is 9.85. The minimum atomic E-state index is 0.130. The maximum Gasteiger partial charge on any atom is 0.153 e. The maximum atomic E-state index is 10.9. The molecule has 0 atom stereocenters. The fraction of sp³-hybridized carbons (Fsp3) is 0.333. The molecule has 0 radical (unpaired) electrons. The molecule has 0 unspecified atom stereocenters. The number of hydrogen-bond donors (Lipinski definition) is 1. The van der Waals surface area contributed by atoms with E-state index in [4.69, 9.17) is 0 Å². The van der Waals surface area contributed by atoms with Crippen LogP contribution in [0.5, 0.6) is 0 Å². The van der Waals surface area contributed by atoms with E-state index in [-0.39, 0.29) is 5.41 Å². The second-order valence-electron chi connectivity index (χ2n) is 5.60. The summed E-state index contributed by atoms with van der Waals surface area (Å²) in [5, 5.41) is 6.82. The highest BCUT2D eigenvalue weighted by Crippen LogP contribution is 2.29. The first kappa shape index (κ1) is 12.6. The molecule has 0 bridgehead atoms. The molecule has 0 saturated heterocycles. The van der Waals surface area contributed by atoms with Crippen molar-refractivity contribution in [2.45, 2.75) is 33.1 Å². The smallest absolute Gasteiger partial charge is 0.153 e. The van der Waals surface area contributed by atoms with Gasteiger partial charge in [-0.25, -0.2) is 0 Å². The van der Waals surface area contributed by atoms with Crippen molar-refractivity contribution >= 4 is 6.29 Å². The molecule has 1 aromatic heterocycles. The van der Waals surface area contributed by atoms with Crippen molar-refractivity contribution < 1.29 is 4.79 Å². The third-order valence-electron chi connectivity index (χ3n) is 3.16. The number of nitrogens with one attached hydrogen (secondary N) is 1. The van der Waals surface area contributed by atoms with Crippen molar-refractivity contribution in [1.29, 1.82) is 0 Å². The molecule has 2 rings (SSSR count). The van der Waals surface area contributed by atoms with E-state index in [9.17, 15) is 4.79 Å². The summed E-state index contributed by atoms with van der Waals surface area (Å²) >= 11 is 0. The maximum absolute atomic E-state index is 10.9. The largest absolute Gasteiger partial charge is 0.298 e. The Morgan fingerprint density at radius 1 is 1.28 bits per heavy atom. The van der Waals surface area contributed by atoms with Gasteiger partial charge in [0, 0.05) is 5.56 Å². The van der Waals surface area contributed by atoms with Crippen LogP contribution in [0.4, 0.5) is 0 Å². The molecule has 0 spiro atoms. The Kier molecular flexibility index (Phi) is 3.07. The summed E-state index contributed by atoms with van der Waals surface area (Å²) < 4.78 is 0. The topological polar surface area (TPSA) is 45.8 Å². The van der Waals surface area contributed by atoms with Crippen molar-refractivity contribution in [1.82, 2.24) is 10.2 Å². The Labute approximate surface area is 107 Å². The van der Waals surface area contributed by atoms with Gasteiger partial charge in [0.25, 0.3) is 0 Å². The fourth-order valence-corrected chi connectivity index (χ4v) is 2.01. The first-order chi connectivity index (χ1) is 8.43. The van der Waals surface area contributed by atoms with E-state index in [2.05, 4.69) is 56.1 Å². The van der Waals surface area contributed by atoms with Gasteiger partial charge >= 0.3 is 0 Å². The molecule has 18 heavy (non-hydrogen) atoms. The highest BCUT2D eigenvalue weighted by Gasteiger charge is 2.16. The Hall–Kier alpha value is -1.90. The summed E-state index contributed by atoms with van der Waals surface area (Å²) in [5.74, 6) is 0. The second kappa shape index (κ2) is 4.41. The monoisotopic (exact) mass is 242 g/mol. The van der Waals surface area contributed by atoms with E-state index in [1.165, 1.54) is 5.56 Å². The Balaban J connectivity index is 2.52. The molecular formula is C15H18N2O. The Morgan fingerprint density at radius 2 is 2.00 bits per heavy atom. The first-order valence-electron chi connectivity index (χ1n) is 6.03. The molecule has 1 aromatic carbocycles. The SMILES string of the molecule is Cc1cc(C(C)(C)C)ccc1-c1[nH]ncc1C=O. The third kappa shape index (κ3) is 2.21. The molecule has 0 aliphatic rings. The van der Waals surface area contributed by atoms with Crippen molar-refractivity contribution in [2.75, 3.05) is 0 Å². The number of benzene rings is 1.